The number of benzene rings is 1. The van der Waals surface area contributed by atoms with Crippen LogP contribution in [0.25, 0.3) is 0 Å². The number of thiocarbonyl (C=S) groups is 1. The fraction of sp³-hybridized carbons (Fsp3) is 0.429. The molecule has 5 nitrogen and oxygen atoms in total. The lowest BCUT2D eigenvalue weighted by molar-refractivity contribution is -0.118. The Morgan fingerprint density at radius 3 is 3.00 bits per heavy atom. The summed E-state index contributed by atoms with van der Waals surface area (Å²) in [5, 5.41) is 2.92. The van der Waals surface area contributed by atoms with Gasteiger partial charge in [-0.2, -0.15) is 0 Å². The molecule has 108 valence electrons. The highest BCUT2D eigenvalue weighted by Crippen LogP contribution is 2.13. The number of anilines is 1. The van der Waals surface area contributed by atoms with Gasteiger partial charge in [-0.25, -0.2) is 0 Å². The maximum Gasteiger partial charge on any atom is 0.238 e. The maximum absolute atomic E-state index is 12.1. The van der Waals surface area contributed by atoms with Crippen molar-refractivity contribution < 1.29 is 9.53 Å². The number of hydrogen-bond acceptors (Lipinski definition) is 4. The molecule has 1 amide bonds. The molecule has 1 aliphatic rings. The monoisotopic (exact) mass is 293 g/mol. The Kier molecular flexibility index (Phi) is 5.05. The van der Waals surface area contributed by atoms with Gasteiger partial charge in [0.05, 0.1) is 13.2 Å². The van der Waals surface area contributed by atoms with Gasteiger partial charge in [0.2, 0.25) is 5.91 Å². The molecular weight excluding hydrogens is 274 g/mol. The van der Waals surface area contributed by atoms with E-state index in [0.29, 0.717) is 31.2 Å². The van der Waals surface area contributed by atoms with E-state index in [1.807, 2.05) is 36.1 Å². The Labute approximate surface area is 124 Å². The minimum Gasteiger partial charge on any atom is -0.391 e. The van der Waals surface area contributed by atoms with E-state index in [4.69, 9.17) is 22.7 Å². The Balaban J connectivity index is 1.88. The zero-order valence-corrected chi connectivity index (χ0v) is 12.3. The van der Waals surface area contributed by atoms with Crippen LogP contribution in [0.1, 0.15) is 5.56 Å². The van der Waals surface area contributed by atoms with Gasteiger partial charge in [-0.15, -0.1) is 0 Å². The third kappa shape index (κ3) is 4.00. The zero-order valence-electron chi connectivity index (χ0n) is 11.5. The normalized spacial score (nSPS) is 19.6. The van der Waals surface area contributed by atoms with Crippen molar-refractivity contribution >= 4 is 28.8 Å². The summed E-state index contributed by atoms with van der Waals surface area (Å²) >= 11 is 4.93. The molecule has 1 atom stereocenters. The van der Waals surface area contributed by atoms with Crippen LogP contribution in [0.3, 0.4) is 0 Å². The van der Waals surface area contributed by atoms with E-state index in [0.717, 1.165) is 11.3 Å². The smallest absolute Gasteiger partial charge is 0.238 e. The lowest BCUT2D eigenvalue weighted by Gasteiger charge is -2.31. The minimum absolute atomic E-state index is 0.0390. The number of hydrogen-bond donors (Lipinski definition) is 2. The summed E-state index contributed by atoms with van der Waals surface area (Å²) in [6.07, 6.45) is -0.259. The largest absolute Gasteiger partial charge is 0.391 e. The molecule has 1 saturated heterocycles. The van der Waals surface area contributed by atoms with Gasteiger partial charge < -0.3 is 15.8 Å². The quantitative estimate of drug-likeness (QED) is 0.808. The molecule has 1 fully saturated rings. The molecule has 3 N–H and O–H groups in total. The number of ether oxygens (including phenoxy) is 1. The van der Waals surface area contributed by atoms with Crippen molar-refractivity contribution in [1.29, 1.82) is 0 Å². The average Bonchev–Trinajstić information content (AvgIpc) is 2.41. The second kappa shape index (κ2) is 6.78. The Hall–Kier alpha value is -1.50. The third-order valence-corrected chi connectivity index (χ3v) is 3.52. The first-order valence-corrected chi connectivity index (χ1v) is 6.96. The number of amides is 1. The standard InChI is InChI=1S/C14H19N3O2S/c1-10-4-2-3-5-11(10)16-13(18)9-17-6-7-19-12(8-17)14(15)20/h2-5,12H,6-9H2,1H3,(H2,15,20)(H,16,18). The molecule has 1 aromatic rings. The van der Waals surface area contributed by atoms with Crippen LogP contribution < -0.4 is 11.1 Å². The Morgan fingerprint density at radius 2 is 2.30 bits per heavy atom. The van der Waals surface area contributed by atoms with Gasteiger partial charge >= 0.3 is 0 Å². The summed E-state index contributed by atoms with van der Waals surface area (Å²) in [6, 6.07) is 7.71. The van der Waals surface area contributed by atoms with Gasteiger partial charge in [-0.1, -0.05) is 30.4 Å². The highest BCUT2D eigenvalue weighted by molar-refractivity contribution is 7.80. The highest BCUT2D eigenvalue weighted by Gasteiger charge is 2.23. The van der Waals surface area contributed by atoms with Crippen LogP contribution in [0.5, 0.6) is 0 Å². The van der Waals surface area contributed by atoms with Gasteiger partial charge in [0, 0.05) is 18.8 Å². The first kappa shape index (κ1) is 14.9. The SMILES string of the molecule is Cc1ccccc1NC(=O)CN1CCOC(C(N)=S)C1. The number of nitrogens with two attached hydrogens (primary N) is 1. The molecular formula is C14H19N3O2S. The third-order valence-electron chi connectivity index (χ3n) is 3.25. The van der Waals surface area contributed by atoms with Crippen molar-refractivity contribution in [3.63, 3.8) is 0 Å². The van der Waals surface area contributed by atoms with Crippen LogP contribution >= 0.6 is 12.2 Å². The summed E-state index contributed by atoms with van der Waals surface area (Å²) < 4.78 is 5.45. The van der Waals surface area contributed by atoms with Crippen molar-refractivity contribution in [1.82, 2.24) is 4.90 Å². The predicted octanol–water partition coefficient (Wildman–Crippen LogP) is 0.920. The number of nitrogens with one attached hydrogen (secondary N) is 1. The number of morpholine rings is 1. The van der Waals surface area contributed by atoms with Gasteiger partial charge in [0.15, 0.2) is 0 Å². The summed E-state index contributed by atoms with van der Waals surface area (Å²) in [4.78, 5) is 14.4. The fourth-order valence-electron chi connectivity index (χ4n) is 2.12. The Bertz CT molecular complexity index is 507. The van der Waals surface area contributed by atoms with Gasteiger partial charge in [-0.3, -0.25) is 9.69 Å². The number of nitrogens with zero attached hydrogens (tertiary/aromatic N) is 1. The first-order chi connectivity index (χ1) is 9.56. The minimum atomic E-state index is -0.259. The molecule has 1 heterocycles. The van der Waals surface area contributed by atoms with Crippen LogP contribution in [0.2, 0.25) is 0 Å². The van der Waals surface area contributed by atoms with Gasteiger partial charge in [0.25, 0.3) is 0 Å². The van der Waals surface area contributed by atoms with Crippen molar-refractivity contribution in [2.45, 2.75) is 13.0 Å². The van der Waals surface area contributed by atoms with Crippen LogP contribution in [0.4, 0.5) is 5.69 Å². The second-order valence-corrected chi connectivity index (χ2v) is 5.33. The molecule has 0 spiro atoms. The van der Waals surface area contributed by atoms with Crippen LogP contribution in [0, 0.1) is 6.92 Å². The van der Waals surface area contributed by atoms with E-state index in [9.17, 15) is 4.79 Å². The molecule has 6 heteroatoms. The van der Waals surface area contributed by atoms with E-state index in [2.05, 4.69) is 5.32 Å². The summed E-state index contributed by atoms with van der Waals surface area (Å²) in [7, 11) is 0. The lowest BCUT2D eigenvalue weighted by Crippen LogP contribution is -2.49. The van der Waals surface area contributed by atoms with Gasteiger partial charge in [0.1, 0.15) is 11.1 Å². The summed E-state index contributed by atoms with van der Waals surface area (Å²) in [5.41, 5.74) is 7.47. The van der Waals surface area contributed by atoms with Crippen molar-refractivity contribution in [3.8, 4) is 0 Å². The lowest BCUT2D eigenvalue weighted by atomic mass is 10.2. The average molecular weight is 293 g/mol. The van der Waals surface area contributed by atoms with E-state index < -0.39 is 0 Å². The number of carbonyl (C=O) groups excluding carboxylic acids is 1. The molecule has 0 aliphatic carbocycles. The number of para-hydroxylation sites is 1. The topological polar surface area (TPSA) is 67.6 Å². The summed E-state index contributed by atoms with van der Waals surface area (Å²) in [6.45, 7) is 4.10. The molecule has 1 unspecified atom stereocenters. The van der Waals surface area contributed by atoms with E-state index >= 15 is 0 Å². The number of rotatable bonds is 4. The van der Waals surface area contributed by atoms with Gasteiger partial charge in [-0.05, 0) is 18.6 Å². The molecule has 20 heavy (non-hydrogen) atoms. The maximum atomic E-state index is 12.1. The molecule has 0 aromatic heterocycles. The molecule has 1 aromatic carbocycles. The highest BCUT2D eigenvalue weighted by atomic mass is 32.1. The second-order valence-electron chi connectivity index (χ2n) is 4.86. The van der Waals surface area contributed by atoms with Crippen LogP contribution in [0.15, 0.2) is 24.3 Å². The Morgan fingerprint density at radius 1 is 1.55 bits per heavy atom. The molecule has 0 bridgehead atoms. The first-order valence-electron chi connectivity index (χ1n) is 6.55. The van der Waals surface area contributed by atoms with Crippen molar-refractivity contribution in [2.75, 3.05) is 31.6 Å². The molecule has 0 saturated carbocycles. The molecule has 2 rings (SSSR count). The van der Waals surface area contributed by atoms with Crippen molar-refractivity contribution in [3.05, 3.63) is 29.8 Å². The number of carbonyl (C=O) groups is 1. The van der Waals surface area contributed by atoms with Crippen molar-refractivity contribution in [2.24, 2.45) is 5.73 Å². The predicted molar refractivity (Wildman–Crippen MR) is 82.8 cm³/mol. The van der Waals surface area contributed by atoms with E-state index in [1.54, 1.807) is 0 Å². The van der Waals surface area contributed by atoms with Crippen LogP contribution in [-0.2, 0) is 9.53 Å². The van der Waals surface area contributed by atoms with E-state index in [1.165, 1.54) is 0 Å². The van der Waals surface area contributed by atoms with Crippen LogP contribution in [-0.4, -0.2) is 48.1 Å². The van der Waals surface area contributed by atoms with E-state index in [-0.39, 0.29) is 12.0 Å². The summed E-state index contributed by atoms with van der Waals surface area (Å²) in [5.74, 6) is -0.0390. The molecule has 0 radical (unpaired) electrons. The molecule has 1 aliphatic heterocycles. The fourth-order valence-corrected chi connectivity index (χ4v) is 2.27. The zero-order chi connectivity index (χ0) is 14.5. The number of aryl methyl sites for hydroxylation is 1.